The third kappa shape index (κ3) is 7.80. The van der Waals surface area contributed by atoms with Crippen LogP contribution >= 0.6 is 27.3 Å². The zero-order chi connectivity index (χ0) is 28.0. The van der Waals surface area contributed by atoms with Gasteiger partial charge < -0.3 is 10.4 Å². The number of carboxylic acids is 1. The highest BCUT2D eigenvalue weighted by Crippen LogP contribution is 2.37. The minimum atomic E-state index is -4.13. The number of benzene rings is 1. The van der Waals surface area contributed by atoms with Crippen LogP contribution in [0.2, 0.25) is 0 Å². The van der Waals surface area contributed by atoms with Crippen LogP contribution < -0.4 is 14.8 Å². The molecule has 0 radical (unpaired) electrons. The Kier molecular flexibility index (Phi) is 10.00. The number of hydrogen-bond donors (Lipinski definition) is 4. The van der Waals surface area contributed by atoms with Gasteiger partial charge >= 0.3 is 5.97 Å². The fourth-order valence-corrected chi connectivity index (χ4v) is 7.61. The first kappa shape index (κ1) is 30.1. The van der Waals surface area contributed by atoms with Gasteiger partial charge in [0.2, 0.25) is 15.9 Å². The van der Waals surface area contributed by atoms with Crippen molar-refractivity contribution in [2.45, 2.75) is 46.5 Å². The Hall–Kier alpha value is -2.43. The van der Waals surface area contributed by atoms with Crippen LogP contribution in [-0.4, -0.2) is 55.0 Å². The smallest absolute Gasteiger partial charge is 0.321 e. The largest absolute Gasteiger partial charge is 0.480 e. The van der Waals surface area contributed by atoms with Crippen molar-refractivity contribution < 1.29 is 31.5 Å². The Morgan fingerprint density at radius 3 is 2.50 bits per heavy atom. The standard InChI is InChI=1S/C23H27BrN4O7S3/c1-16(29)27-22-25-15-20(36-22)37(32,33)26-14-6-5-9-19(21(30)31)28-38(34,35)23(24)12-10-18(11-13-23)17-7-3-2-4-8-17/h2-4,7-8,10-12,15,19,26,28H,5-6,9,13-14H2,1H3,(H,30,31)(H,25,27,29). The summed E-state index contributed by atoms with van der Waals surface area (Å²) in [6.07, 6.45) is 6.63. The highest BCUT2D eigenvalue weighted by molar-refractivity contribution is 9.11. The topological polar surface area (TPSA) is 172 Å². The maximum Gasteiger partial charge on any atom is 0.321 e. The van der Waals surface area contributed by atoms with Crippen LogP contribution in [0.15, 0.2) is 59.0 Å². The van der Waals surface area contributed by atoms with Crippen LogP contribution in [0.1, 0.15) is 38.2 Å². The molecule has 3 rings (SSSR count). The Morgan fingerprint density at radius 2 is 1.89 bits per heavy atom. The van der Waals surface area contributed by atoms with E-state index in [0.717, 1.165) is 28.7 Å². The lowest BCUT2D eigenvalue weighted by Gasteiger charge is -2.28. The second-order valence-corrected chi connectivity index (χ2v) is 15.4. The number of carboxylic acid groups (broad SMARTS) is 1. The normalized spacial score (nSPS) is 18.5. The number of amides is 1. The number of nitrogens with one attached hydrogen (secondary N) is 3. The summed E-state index contributed by atoms with van der Waals surface area (Å²) < 4.78 is 54.0. The van der Waals surface area contributed by atoms with E-state index < -0.39 is 35.7 Å². The molecule has 1 aliphatic rings. The zero-order valence-electron chi connectivity index (χ0n) is 20.3. The monoisotopic (exact) mass is 646 g/mol. The number of alkyl halides is 1. The molecule has 0 fully saturated rings. The first-order valence-electron chi connectivity index (χ1n) is 11.4. The molecule has 0 saturated carbocycles. The number of anilines is 1. The first-order chi connectivity index (χ1) is 17.8. The predicted octanol–water partition coefficient (Wildman–Crippen LogP) is 3.06. The van der Waals surface area contributed by atoms with E-state index in [1.54, 1.807) is 12.2 Å². The van der Waals surface area contributed by atoms with Crippen LogP contribution in [0.25, 0.3) is 5.57 Å². The van der Waals surface area contributed by atoms with Gasteiger partial charge in [-0.1, -0.05) is 75.8 Å². The van der Waals surface area contributed by atoms with Crippen molar-refractivity contribution >= 4 is 69.9 Å². The van der Waals surface area contributed by atoms with Crippen LogP contribution in [0.5, 0.6) is 0 Å². The molecule has 1 heterocycles. The molecule has 4 N–H and O–H groups in total. The average Bonchev–Trinajstić information content (AvgIpc) is 3.32. The molecule has 15 heteroatoms. The van der Waals surface area contributed by atoms with E-state index in [1.165, 1.54) is 13.0 Å². The van der Waals surface area contributed by atoms with Gasteiger partial charge in [0, 0.05) is 19.9 Å². The van der Waals surface area contributed by atoms with Gasteiger partial charge in [-0.2, -0.15) is 4.72 Å². The molecule has 38 heavy (non-hydrogen) atoms. The Balaban J connectivity index is 1.52. The second-order valence-electron chi connectivity index (χ2n) is 8.42. The fourth-order valence-electron chi connectivity index (χ4n) is 3.50. The maximum absolute atomic E-state index is 13.1. The number of thiazole rings is 1. The van der Waals surface area contributed by atoms with E-state index in [0.29, 0.717) is 0 Å². The van der Waals surface area contributed by atoms with Crippen LogP contribution in [0.4, 0.5) is 5.13 Å². The van der Waals surface area contributed by atoms with Gasteiger partial charge in [-0.05, 0) is 30.4 Å². The van der Waals surface area contributed by atoms with Crippen LogP contribution in [0.3, 0.4) is 0 Å². The van der Waals surface area contributed by atoms with Crippen molar-refractivity contribution in [3.05, 3.63) is 60.3 Å². The number of carbonyl (C=O) groups excluding carboxylic acids is 1. The first-order valence-corrected chi connectivity index (χ1v) is 16.0. The van der Waals surface area contributed by atoms with E-state index in [1.807, 2.05) is 30.3 Å². The number of carbonyl (C=O) groups is 2. The van der Waals surface area contributed by atoms with Gasteiger partial charge in [0.1, 0.15) is 6.04 Å². The van der Waals surface area contributed by atoms with E-state index in [2.05, 4.69) is 35.7 Å². The van der Waals surface area contributed by atoms with Gasteiger partial charge in [0.25, 0.3) is 10.0 Å². The summed E-state index contributed by atoms with van der Waals surface area (Å²) in [4.78, 5) is 26.7. The number of unbranched alkanes of at least 4 members (excludes halogenated alkanes) is 1. The molecule has 1 aromatic heterocycles. The zero-order valence-corrected chi connectivity index (χ0v) is 24.3. The van der Waals surface area contributed by atoms with Crippen LogP contribution in [0, 0.1) is 0 Å². The van der Waals surface area contributed by atoms with Crippen molar-refractivity contribution in [1.29, 1.82) is 0 Å². The van der Waals surface area contributed by atoms with Gasteiger partial charge in [0.15, 0.2) is 13.0 Å². The Bertz CT molecular complexity index is 1440. The lowest BCUT2D eigenvalue weighted by atomic mass is 9.99. The number of halogens is 1. The van der Waals surface area contributed by atoms with Crippen molar-refractivity contribution in [1.82, 2.24) is 14.4 Å². The number of nitrogens with zero attached hydrogens (tertiary/aromatic N) is 1. The molecule has 1 amide bonds. The summed E-state index contributed by atoms with van der Waals surface area (Å²) in [5.41, 5.74) is 1.80. The van der Waals surface area contributed by atoms with Crippen LogP contribution in [-0.2, 0) is 29.6 Å². The molecule has 11 nitrogen and oxygen atoms in total. The van der Waals surface area contributed by atoms with Crippen molar-refractivity contribution in [2.24, 2.45) is 0 Å². The summed E-state index contributed by atoms with van der Waals surface area (Å²) >= 11 is 4.07. The van der Waals surface area contributed by atoms with Crippen molar-refractivity contribution in [2.75, 3.05) is 11.9 Å². The fraction of sp³-hybridized carbons (Fsp3) is 0.348. The predicted molar refractivity (Wildman–Crippen MR) is 149 cm³/mol. The number of hydrogen-bond acceptors (Lipinski definition) is 8. The molecule has 2 unspecified atom stereocenters. The Morgan fingerprint density at radius 1 is 1.18 bits per heavy atom. The molecule has 206 valence electrons. The lowest BCUT2D eigenvalue weighted by Crippen LogP contribution is -2.48. The summed E-state index contributed by atoms with van der Waals surface area (Å²) in [7, 11) is -7.99. The SMILES string of the molecule is CC(=O)Nc1ncc(S(=O)(=O)NCCCCC(NS(=O)(=O)C2(Br)C=CC(c3ccccc3)=CC2)C(=O)O)s1. The van der Waals surface area contributed by atoms with E-state index >= 15 is 0 Å². The van der Waals surface area contributed by atoms with Crippen molar-refractivity contribution in [3.63, 3.8) is 0 Å². The molecular weight excluding hydrogens is 620 g/mol. The quantitative estimate of drug-likeness (QED) is 0.190. The Labute approximate surface area is 233 Å². The number of aliphatic carboxylic acids is 1. The molecule has 0 bridgehead atoms. The summed E-state index contributed by atoms with van der Waals surface area (Å²) in [5, 5.41) is 12.1. The average molecular weight is 648 g/mol. The van der Waals surface area contributed by atoms with E-state index in [4.69, 9.17) is 0 Å². The number of allylic oxidation sites excluding steroid dienone is 3. The molecular formula is C23H27BrN4O7S3. The number of sulfonamides is 2. The summed E-state index contributed by atoms with van der Waals surface area (Å²) in [5.74, 6) is -1.71. The van der Waals surface area contributed by atoms with E-state index in [-0.39, 0.29) is 47.5 Å². The molecule has 2 atom stereocenters. The molecule has 2 aromatic rings. The molecule has 0 saturated heterocycles. The number of aromatic nitrogens is 1. The molecule has 1 aromatic carbocycles. The lowest BCUT2D eigenvalue weighted by molar-refractivity contribution is -0.139. The minimum Gasteiger partial charge on any atom is -0.480 e. The molecule has 1 aliphatic carbocycles. The second kappa shape index (κ2) is 12.6. The number of rotatable bonds is 13. The molecule has 0 aliphatic heterocycles. The highest BCUT2D eigenvalue weighted by atomic mass is 79.9. The van der Waals surface area contributed by atoms with Crippen molar-refractivity contribution in [3.8, 4) is 0 Å². The highest BCUT2D eigenvalue weighted by Gasteiger charge is 2.42. The minimum absolute atomic E-state index is 0.00691. The summed E-state index contributed by atoms with van der Waals surface area (Å²) in [6.45, 7) is 1.29. The maximum atomic E-state index is 13.1. The van der Waals surface area contributed by atoms with Gasteiger partial charge in [0.05, 0.1) is 6.20 Å². The van der Waals surface area contributed by atoms with Gasteiger partial charge in [-0.3, -0.25) is 9.59 Å². The summed E-state index contributed by atoms with van der Waals surface area (Å²) in [6, 6.07) is 8.07. The third-order valence-corrected chi connectivity index (χ3v) is 12.0. The molecule has 0 spiro atoms. The van der Waals surface area contributed by atoms with Gasteiger partial charge in [-0.25, -0.2) is 26.5 Å². The third-order valence-electron chi connectivity index (χ3n) is 5.51. The van der Waals surface area contributed by atoms with E-state index in [9.17, 15) is 31.5 Å². The van der Waals surface area contributed by atoms with Gasteiger partial charge in [-0.15, -0.1) is 0 Å².